The summed E-state index contributed by atoms with van der Waals surface area (Å²) in [6.07, 6.45) is 7.40. The predicted molar refractivity (Wildman–Crippen MR) is 82.8 cm³/mol. The molecule has 0 heterocycles. The van der Waals surface area contributed by atoms with E-state index in [4.69, 9.17) is 4.74 Å². The van der Waals surface area contributed by atoms with Crippen LogP contribution < -0.4 is 0 Å². The first kappa shape index (κ1) is 16.3. The minimum absolute atomic E-state index is 0.245. The van der Waals surface area contributed by atoms with E-state index < -0.39 is 0 Å². The molecule has 0 aliphatic carbocycles. The van der Waals surface area contributed by atoms with Crippen LogP contribution in [0, 0.1) is 0 Å². The van der Waals surface area contributed by atoms with E-state index in [1.165, 1.54) is 18.4 Å². The molecule has 0 saturated carbocycles. The minimum atomic E-state index is -0.245. The molecule has 0 spiro atoms. The van der Waals surface area contributed by atoms with Gasteiger partial charge in [0.25, 0.3) is 0 Å². The van der Waals surface area contributed by atoms with Gasteiger partial charge in [0.05, 0.1) is 12.2 Å². The van der Waals surface area contributed by atoms with E-state index >= 15 is 0 Å². The fourth-order valence-electron chi connectivity index (χ4n) is 1.78. The Kier molecular flexibility index (Phi) is 8.17. The lowest BCUT2D eigenvalue weighted by atomic mass is 10.1. The van der Waals surface area contributed by atoms with Gasteiger partial charge in [0.2, 0.25) is 0 Å². The van der Waals surface area contributed by atoms with Crippen LogP contribution in [-0.2, 0) is 4.74 Å². The van der Waals surface area contributed by atoms with Crippen LogP contribution in [0.15, 0.2) is 47.7 Å². The van der Waals surface area contributed by atoms with Gasteiger partial charge in [0, 0.05) is 0 Å². The van der Waals surface area contributed by atoms with Crippen molar-refractivity contribution < 1.29 is 9.53 Å². The van der Waals surface area contributed by atoms with Gasteiger partial charge < -0.3 is 4.74 Å². The summed E-state index contributed by atoms with van der Waals surface area (Å²) < 4.78 is 5.23. The fourth-order valence-corrected chi connectivity index (χ4v) is 1.78. The van der Waals surface area contributed by atoms with Crippen molar-refractivity contribution in [2.75, 3.05) is 6.61 Å². The summed E-state index contributed by atoms with van der Waals surface area (Å²) in [7, 11) is 0. The summed E-state index contributed by atoms with van der Waals surface area (Å²) in [5.41, 5.74) is 5.12. The lowest BCUT2D eigenvalue weighted by Crippen LogP contribution is -2.06. The first-order valence-corrected chi connectivity index (χ1v) is 7.37. The van der Waals surface area contributed by atoms with Crippen molar-refractivity contribution in [2.24, 2.45) is 0 Å². The molecule has 0 bridgehead atoms. The smallest absolute Gasteiger partial charge is 0.338 e. The number of benzene rings is 1. The Morgan fingerprint density at radius 1 is 1.25 bits per heavy atom. The molecular weight excluding hydrogens is 248 g/mol. The van der Waals surface area contributed by atoms with Crippen molar-refractivity contribution in [3.63, 3.8) is 0 Å². The number of hydrogen-bond donors (Lipinski definition) is 0. The molecule has 0 aliphatic heterocycles. The summed E-state index contributed by atoms with van der Waals surface area (Å²) in [5, 5.41) is 0. The number of esters is 1. The summed E-state index contributed by atoms with van der Waals surface area (Å²) >= 11 is 0. The van der Waals surface area contributed by atoms with E-state index in [1.807, 2.05) is 18.2 Å². The van der Waals surface area contributed by atoms with Crippen LogP contribution in [-0.4, -0.2) is 12.6 Å². The molecule has 0 amide bonds. The summed E-state index contributed by atoms with van der Waals surface area (Å²) in [4.78, 5) is 11.7. The van der Waals surface area contributed by atoms with Crippen molar-refractivity contribution in [3.8, 4) is 0 Å². The quantitative estimate of drug-likeness (QED) is 0.381. The molecule has 108 valence electrons. The van der Waals surface area contributed by atoms with Gasteiger partial charge in [0.15, 0.2) is 0 Å². The molecule has 1 rings (SSSR count). The summed E-state index contributed by atoms with van der Waals surface area (Å²) in [6.45, 7) is 4.72. The Bertz CT molecular complexity index is 454. The zero-order chi connectivity index (χ0) is 14.6. The first-order chi connectivity index (χ1) is 9.74. The molecule has 0 fully saturated rings. The molecular formula is C18H24O2. The Labute approximate surface area is 122 Å². The average Bonchev–Trinajstić information content (AvgIpc) is 2.49. The van der Waals surface area contributed by atoms with Crippen molar-refractivity contribution in [1.82, 2.24) is 0 Å². The van der Waals surface area contributed by atoms with E-state index in [0.29, 0.717) is 12.2 Å². The van der Waals surface area contributed by atoms with Gasteiger partial charge >= 0.3 is 5.97 Å². The Balaban J connectivity index is 2.22. The van der Waals surface area contributed by atoms with Gasteiger partial charge in [0.1, 0.15) is 0 Å². The zero-order valence-corrected chi connectivity index (χ0v) is 12.5. The standard InChI is InChI=1S/C18H24O2/c1-3-4-5-7-11-16(2)12-10-15-20-18(19)17-13-8-6-9-14-17/h6-9,13-14H,3-5,10,12,15H2,1-2H3. The SMILES string of the molecule is CCCCC=C=C(C)CCCOC(=O)c1ccccc1. The monoisotopic (exact) mass is 272 g/mol. The molecule has 0 aromatic heterocycles. The molecule has 0 unspecified atom stereocenters. The highest BCUT2D eigenvalue weighted by Gasteiger charge is 2.04. The zero-order valence-electron chi connectivity index (χ0n) is 12.5. The molecule has 20 heavy (non-hydrogen) atoms. The number of unbranched alkanes of at least 4 members (excludes halogenated alkanes) is 2. The Hall–Kier alpha value is -1.79. The van der Waals surface area contributed by atoms with Crippen LogP contribution in [0.2, 0.25) is 0 Å². The average molecular weight is 272 g/mol. The third kappa shape index (κ3) is 6.96. The van der Waals surface area contributed by atoms with Crippen LogP contribution in [0.3, 0.4) is 0 Å². The lowest BCUT2D eigenvalue weighted by Gasteiger charge is -2.04. The van der Waals surface area contributed by atoms with Gasteiger partial charge in [-0.05, 0) is 56.4 Å². The first-order valence-electron chi connectivity index (χ1n) is 7.37. The van der Waals surface area contributed by atoms with E-state index in [1.54, 1.807) is 12.1 Å². The van der Waals surface area contributed by atoms with E-state index in [2.05, 4.69) is 25.7 Å². The molecule has 0 radical (unpaired) electrons. The minimum Gasteiger partial charge on any atom is -0.462 e. The second-order valence-corrected chi connectivity index (χ2v) is 4.88. The number of allylic oxidation sites excluding steroid dienone is 1. The van der Waals surface area contributed by atoms with E-state index in [9.17, 15) is 4.79 Å². The molecule has 0 N–H and O–H groups in total. The maximum Gasteiger partial charge on any atom is 0.338 e. The molecule has 2 nitrogen and oxygen atoms in total. The topological polar surface area (TPSA) is 26.3 Å². The third-order valence-electron chi connectivity index (χ3n) is 2.99. The highest BCUT2D eigenvalue weighted by Crippen LogP contribution is 2.06. The third-order valence-corrected chi connectivity index (χ3v) is 2.99. The van der Waals surface area contributed by atoms with Gasteiger partial charge in [-0.2, -0.15) is 0 Å². The predicted octanol–water partition coefficient (Wildman–Crippen LogP) is 4.92. The number of carbonyl (C=O) groups is 1. The highest BCUT2D eigenvalue weighted by atomic mass is 16.5. The van der Waals surface area contributed by atoms with Gasteiger partial charge in [-0.15, -0.1) is 5.73 Å². The van der Waals surface area contributed by atoms with Crippen LogP contribution in [0.4, 0.5) is 0 Å². The Morgan fingerprint density at radius 3 is 2.70 bits per heavy atom. The van der Waals surface area contributed by atoms with Crippen molar-refractivity contribution in [3.05, 3.63) is 53.3 Å². The van der Waals surface area contributed by atoms with Gasteiger partial charge in [-0.3, -0.25) is 0 Å². The largest absolute Gasteiger partial charge is 0.462 e. The highest BCUT2D eigenvalue weighted by molar-refractivity contribution is 5.89. The number of carbonyl (C=O) groups excluding carboxylic acids is 1. The van der Waals surface area contributed by atoms with Gasteiger partial charge in [-0.1, -0.05) is 31.5 Å². The van der Waals surface area contributed by atoms with Crippen LogP contribution in [0.25, 0.3) is 0 Å². The van der Waals surface area contributed by atoms with Crippen molar-refractivity contribution >= 4 is 5.97 Å². The molecule has 1 aromatic carbocycles. The van der Waals surface area contributed by atoms with E-state index in [-0.39, 0.29) is 5.97 Å². The molecule has 2 heteroatoms. The molecule has 0 saturated heterocycles. The fraction of sp³-hybridized carbons (Fsp3) is 0.444. The van der Waals surface area contributed by atoms with Crippen LogP contribution >= 0.6 is 0 Å². The van der Waals surface area contributed by atoms with Gasteiger partial charge in [-0.25, -0.2) is 4.79 Å². The lowest BCUT2D eigenvalue weighted by molar-refractivity contribution is 0.0500. The van der Waals surface area contributed by atoms with Crippen LogP contribution in [0.5, 0.6) is 0 Å². The van der Waals surface area contributed by atoms with Crippen molar-refractivity contribution in [2.45, 2.75) is 46.0 Å². The number of hydrogen-bond acceptors (Lipinski definition) is 2. The Morgan fingerprint density at radius 2 is 2.00 bits per heavy atom. The number of ether oxygens (including phenoxy) is 1. The maximum absolute atomic E-state index is 11.7. The van der Waals surface area contributed by atoms with E-state index in [0.717, 1.165) is 19.3 Å². The normalized spacial score (nSPS) is 9.70. The molecule has 0 atom stereocenters. The summed E-state index contributed by atoms with van der Waals surface area (Å²) in [5.74, 6) is -0.245. The number of rotatable bonds is 8. The maximum atomic E-state index is 11.7. The van der Waals surface area contributed by atoms with Crippen molar-refractivity contribution in [1.29, 1.82) is 0 Å². The second kappa shape index (κ2) is 10.1. The second-order valence-electron chi connectivity index (χ2n) is 4.88. The molecule has 1 aromatic rings. The van der Waals surface area contributed by atoms with Crippen LogP contribution in [0.1, 0.15) is 56.3 Å². The summed E-state index contributed by atoms with van der Waals surface area (Å²) in [6, 6.07) is 9.10. The molecule has 0 aliphatic rings.